The van der Waals surface area contributed by atoms with Crippen molar-refractivity contribution in [3.8, 4) is 33.8 Å². The van der Waals surface area contributed by atoms with Crippen LogP contribution in [0.5, 0.6) is 11.5 Å². The average molecular weight is 738 g/mol. The van der Waals surface area contributed by atoms with Crippen LogP contribution < -0.4 is 14.4 Å². The Morgan fingerprint density at radius 1 is 0.625 bits per heavy atom. The molecular formula is C52H51NO3. The standard InChI is InChI=1S/C52H51NO3/c1-49(2)32-50(3,4)34-51(33-49)45-18-12-11-16-40(45)39-15-9-10-17-41(39)46-42-24-23-38(54-5)31-44(42)48-43(47(46)51)25-26-52(56-48,35-13-7-6-8-14-35)36-19-21-37(22-20-36)53-27-29-55-30-28-53/h6-26,31H,27-30,32-34H2,1-5H3. The molecule has 0 N–H and O–H groups in total. The van der Waals surface area contributed by atoms with Gasteiger partial charge in [-0.2, -0.15) is 0 Å². The van der Waals surface area contributed by atoms with Crippen LogP contribution >= 0.6 is 0 Å². The number of anilines is 1. The van der Waals surface area contributed by atoms with Gasteiger partial charge < -0.3 is 19.1 Å². The van der Waals surface area contributed by atoms with Crippen molar-refractivity contribution >= 4 is 22.5 Å². The zero-order chi connectivity index (χ0) is 38.3. The number of morpholine rings is 1. The molecule has 0 amide bonds. The lowest BCUT2D eigenvalue weighted by Crippen LogP contribution is -2.46. The van der Waals surface area contributed by atoms with Gasteiger partial charge in [-0.15, -0.1) is 0 Å². The Kier molecular flexibility index (Phi) is 8.06. The molecule has 0 radical (unpaired) electrons. The Bertz CT molecular complexity index is 2490. The molecule has 6 aromatic carbocycles. The topological polar surface area (TPSA) is 30.9 Å². The number of hydrogen-bond acceptors (Lipinski definition) is 4. The molecule has 0 aromatic heterocycles. The van der Waals surface area contributed by atoms with Crippen molar-refractivity contribution in [2.24, 2.45) is 10.8 Å². The highest BCUT2D eigenvalue weighted by molar-refractivity contribution is 6.10. The van der Waals surface area contributed by atoms with Gasteiger partial charge in [-0.25, -0.2) is 0 Å². The van der Waals surface area contributed by atoms with Gasteiger partial charge >= 0.3 is 0 Å². The van der Waals surface area contributed by atoms with Gasteiger partial charge in [0, 0.05) is 46.3 Å². The number of benzene rings is 6. The third-order valence-corrected chi connectivity index (χ3v) is 13.1. The second-order valence-electron chi connectivity index (χ2n) is 18.1. The zero-order valence-corrected chi connectivity index (χ0v) is 33.3. The van der Waals surface area contributed by atoms with Crippen molar-refractivity contribution in [3.63, 3.8) is 0 Å². The molecule has 2 heterocycles. The lowest BCUT2D eigenvalue weighted by atomic mass is 9.50. The van der Waals surface area contributed by atoms with Gasteiger partial charge in [-0.05, 0) is 105 Å². The number of nitrogens with zero attached hydrogens (tertiary/aromatic N) is 1. The first kappa shape index (κ1) is 35.1. The van der Waals surface area contributed by atoms with Crippen molar-refractivity contribution < 1.29 is 14.2 Å². The van der Waals surface area contributed by atoms with Crippen molar-refractivity contribution in [3.05, 3.63) is 155 Å². The highest BCUT2D eigenvalue weighted by Crippen LogP contribution is 2.65. The summed E-state index contributed by atoms with van der Waals surface area (Å²) >= 11 is 0. The maximum Gasteiger partial charge on any atom is 0.178 e. The van der Waals surface area contributed by atoms with E-state index in [1.165, 1.54) is 56.4 Å². The SMILES string of the molecule is COc1ccc2c3c(c4c(c2c1)OC(c1ccccc1)(c1ccc(N2CCOCC2)cc1)C=C4)C1(CC(C)(C)CC(C)(C)C1)c1ccccc1-c1ccccc1-3. The van der Waals surface area contributed by atoms with E-state index in [2.05, 4.69) is 166 Å². The molecule has 4 aliphatic rings. The molecule has 2 aliphatic carbocycles. The minimum absolute atomic E-state index is 0.0969. The molecule has 4 nitrogen and oxygen atoms in total. The lowest BCUT2D eigenvalue weighted by molar-refractivity contribution is 0.0628. The summed E-state index contributed by atoms with van der Waals surface area (Å²) in [4.78, 5) is 2.41. The number of ether oxygens (including phenoxy) is 3. The fourth-order valence-electron chi connectivity index (χ4n) is 11.6. The number of methoxy groups -OCH3 is 1. The molecule has 282 valence electrons. The van der Waals surface area contributed by atoms with Crippen LogP contribution in [0, 0.1) is 10.8 Å². The summed E-state index contributed by atoms with van der Waals surface area (Å²) in [6.07, 6.45) is 8.01. The van der Waals surface area contributed by atoms with Crippen LogP contribution in [0.25, 0.3) is 39.1 Å². The molecule has 1 atom stereocenters. The molecule has 4 heteroatoms. The van der Waals surface area contributed by atoms with E-state index < -0.39 is 5.60 Å². The first-order chi connectivity index (χ1) is 27.1. The van der Waals surface area contributed by atoms with Crippen LogP contribution in [0.3, 0.4) is 0 Å². The Labute approximate surface area is 331 Å². The molecule has 2 aliphatic heterocycles. The van der Waals surface area contributed by atoms with Gasteiger partial charge in [0.2, 0.25) is 0 Å². The maximum atomic E-state index is 7.83. The summed E-state index contributed by atoms with van der Waals surface area (Å²) in [6.45, 7) is 13.3. The van der Waals surface area contributed by atoms with Gasteiger partial charge in [0.1, 0.15) is 11.5 Å². The van der Waals surface area contributed by atoms with Crippen LogP contribution in [0.2, 0.25) is 0 Å². The minimum atomic E-state index is -0.860. The van der Waals surface area contributed by atoms with Crippen molar-refractivity contribution in [1.29, 1.82) is 0 Å². The lowest BCUT2D eigenvalue weighted by Gasteiger charge is -2.54. The highest BCUT2D eigenvalue weighted by atomic mass is 16.5. The molecule has 2 fully saturated rings. The van der Waals surface area contributed by atoms with Crippen LogP contribution in [0.1, 0.15) is 74.8 Å². The Hall–Kier alpha value is -5.32. The van der Waals surface area contributed by atoms with E-state index in [-0.39, 0.29) is 16.2 Å². The van der Waals surface area contributed by atoms with Crippen molar-refractivity contribution in [1.82, 2.24) is 0 Å². The maximum absolute atomic E-state index is 7.83. The molecule has 1 saturated carbocycles. The second-order valence-corrected chi connectivity index (χ2v) is 18.1. The molecule has 56 heavy (non-hydrogen) atoms. The third-order valence-electron chi connectivity index (χ3n) is 13.1. The predicted molar refractivity (Wildman–Crippen MR) is 230 cm³/mol. The van der Waals surface area contributed by atoms with Crippen LogP contribution in [-0.2, 0) is 15.8 Å². The largest absolute Gasteiger partial charge is 0.497 e. The normalized spacial score (nSPS) is 21.3. The van der Waals surface area contributed by atoms with Crippen LogP contribution in [-0.4, -0.2) is 33.4 Å². The van der Waals surface area contributed by atoms with E-state index in [1.54, 1.807) is 7.11 Å². The van der Waals surface area contributed by atoms with Gasteiger partial charge in [-0.1, -0.05) is 125 Å². The van der Waals surface area contributed by atoms with Crippen molar-refractivity contribution in [2.75, 3.05) is 38.3 Å². The molecule has 1 saturated heterocycles. The smallest absolute Gasteiger partial charge is 0.178 e. The fraction of sp³-hybridized carbons (Fsp3) is 0.308. The summed E-state index contributed by atoms with van der Waals surface area (Å²) in [6, 6.07) is 44.8. The predicted octanol–water partition coefficient (Wildman–Crippen LogP) is 12.2. The van der Waals surface area contributed by atoms with Crippen LogP contribution in [0.4, 0.5) is 5.69 Å². The average Bonchev–Trinajstić information content (AvgIpc) is 3.31. The van der Waals surface area contributed by atoms with Gasteiger partial charge in [0.25, 0.3) is 0 Å². The molecule has 6 aromatic rings. The van der Waals surface area contributed by atoms with E-state index in [4.69, 9.17) is 14.2 Å². The molecule has 1 spiro atoms. The van der Waals surface area contributed by atoms with E-state index in [0.29, 0.717) is 0 Å². The summed E-state index contributed by atoms with van der Waals surface area (Å²) in [5.41, 5.74) is 11.7. The van der Waals surface area contributed by atoms with Crippen molar-refractivity contribution in [2.45, 2.75) is 58.0 Å². The Morgan fingerprint density at radius 3 is 1.98 bits per heavy atom. The number of rotatable bonds is 4. The summed E-state index contributed by atoms with van der Waals surface area (Å²) in [5, 5.41) is 2.26. The molecule has 10 rings (SSSR count). The minimum Gasteiger partial charge on any atom is -0.497 e. The fourth-order valence-corrected chi connectivity index (χ4v) is 11.6. The molecule has 0 bridgehead atoms. The quantitative estimate of drug-likeness (QED) is 0.180. The number of hydrogen-bond donors (Lipinski definition) is 0. The van der Waals surface area contributed by atoms with E-state index in [1.807, 2.05) is 0 Å². The highest BCUT2D eigenvalue weighted by Gasteiger charge is 2.54. The summed E-state index contributed by atoms with van der Waals surface area (Å²) in [7, 11) is 1.76. The number of fused-ring (bicyclic) bond motifs is 12. The van der Waals surface area contributed by atoms with Gasteiger partial charge in [0.15, 0.2) is 5.60 Å². The van der Waals surface area contributed by atoms with E-state index >= 15 is 0 Å². The molecule has 1 unspecified atom stereocenters. The summed E-state index contributed by atoms with van der Waals surface area (Å²) in [5.74, 6) is 1.73. The van der Waals surface area contributed by atoms with E-state index in [0.717, 1.165) is 67.2 Å². The first-order valence-corrected chi connectivity index (χ1v) is 20.4. The van der Waals surface area contributed by atoms with Gasteiger partial charge in [-0.3, -0.25) is 0 Å². The first-order valence-electron chi connectivity index (χ1n) is 20.4. The summed E-state index contributed by atoms with van der Waals surface area (Å²) < 4.78 is 19.5. The Morgan fingerprint density at radius 2 is 1.27 bits per heavy atom. The zero-order valence-electron chi connectivity index (χ0n) is 33.3. The van der Waals surface area contributed by atoms with Crippen LogP contribution in [0.15, 0.2) is 127 Å². The Balaban J connectivity index is 1.31. The monoisotopic (exact) mass is 737 g/mol. The van der Waals surface area contributed by atoms with E-state index in [9.17, 15) is 0 Å². The third kappa shape index (κ3) is 5.44. The molecular weight excluding hydrogens is 687 g/mol. The van der Waals surface area contributed by atoms with Gasteiger partial charge in [0.05, 0.1) is 20.3 Å². The second kappa shape index (κ2) is 12.9.